The van der Waals surface area contributed by atoms with Crippen LogP contribution in [0.4, 0.5) is 0 Å². The van der Waals surface area contributed by atoms with E-state index in [1.807, 2.05) is 0 Å². The van der Waals surface area contributed by atoms with Gasteiger partial charge in [0.15, 0.2) is 0 Å². The Bertz CT molecular complexity index is 441. The quantitative estimate of drug-likeness (QED) is 0.902. The molecule has 2 atom stereocenters. The molecule has 3 nitrogen and oxygen atoms in total. The second-order valence-electron chi connectivity index (χ2n) is 6.68. The van der Waals surface area contributed by atoms with Gasteiger partial charge in [0.2, 0.25) is 0 Å². The molecule has 1 aliphatic rings. The molecule has 0 amide bonds. The minimum Gasteiger partial charge on any atom is -0.373 e. The molecular formula is C18H30N2O. The van der Waals surface area contributed by atoms with Crippen molar-refractivity contribution >= 4 is 0 Å². The van der Waals surface area contributed by atoms with Crippen LogP contribution in [0.15, 0.2) is 24.3 Å². The molecule has 0 saturated carbocycles. The summed E-state index contributed by atoms with van der Waals surface area (Å²) in [5, 5.41) is 3.50. The molecule has 0 radical (unpaired) electrons. The average molecular weight is 290 g/mol. The van der Waals surface area contributed by atoms with E-state index in [0.29, 0.717) is 12.1 Å². The molecule has 118 valence electrons. The maximum absolute atomic E-state index is 5.83. The molecule has 1 aliphatic heterocycles. The Morgan fingerprint density at radius 3 is 2.48 bits per heavy atom. The van der Waals surface area contributed by atoms with Crippen molar-refractivity contribution in [2.45, 2.75) is 51.8 Å². The molecule has 1 aromatic carbocycles. The number of morpholine rings is 1. The smallest absolute Gasteiger partial charge is 0.0753 e. The number of nitrogens with zero attached hydrogens (tertiary/aromatic N) is 1. The SMILES string of the molecule is CCc1ccc(C(NC)C(C)N2CCOC(C)(C)C2)cc1. The summed E-state index contributed by atoms with van der Waals surface area (Å²) in [4.78, 5) is 2.54. The van der Waals surface area contributed by atoms with Crippen molar-refractivity contribution in [2.24, 2.45) is 0 Å². The standard InChI is InChI=1S/C18H30N2O/c1-6-15-7-9-16(10-8-15)17(19-5)14(2)20-11-12-21-18(3,4)13-20/h7-10,14,17,19H,6,11-13H2,1-5H3. The van der Waals surface area contributed by atoms with Crippen molar-refractivity contribution in [1.82, 2.24) is 10.2 Å². The van der Waals surface area contributed by atoms with E-state index in [1.54, 1.807) is 0 Å². The Hall–Kier alpha value is -0.900. The third-order valence-electron chi connectivity index (χ3n) is 4.57. The summed E-state index contributed by atoms with van der Waals surface area (Å²) in [6, 6.07) is 9.82. The predicted molar refractivity (Wildman–Crippen MR) is 88.7 cm³/mol. The summed E-state index contributed by atoms with van der Waals surface area (Å²) in [6.07, 6.45) is 1.09. The van der Waals surface area contributed by atoms with Gasteiger partial charge < -0.3 is 10.1 Å². The van der Waals surface area contributed by atoms with Crippen LogP contribution in [0.3, 0.4) is 0 Å². The first-order valence-corrected chi connectivity index (χ1v) is 8.11. The zero-order valence-corrected chi connectivity index (χ0v) is 14.1. The third-order valence-corrected chi connectivity index (χ3v) is 4.57. The maximum atomic E-state index is 5.83. The fourth-order valence-corrected chi connectivity index (χ4v) is 3.26. The van der Waals surface area contributed by atoms with Crippen LogP contribution < -0.4 is 5.32 Å². The first kappa shape index (κ1) is 16.5. The topological polar surface area (TPSA) is 24.5 Å². The van der Waals surface area contributed by atoms with Gasteiger partial charge in [0, 0.05) is 25.2 Å². The molecule has 0 spiro atoms. The van der Waals surface area contributed by atoms with Gasteiger partial charge in [-0.1, -0.05) is 31.2 Å². The van der Waals surface area contributed by atoms with Crippen molar-refractivity contribution in [3.8, 4) is 0 Å². The lowest BCUT2D eigenvalue weighted by Gasteiger charge is -2.43. The summed E-state index contributed by atoms with van der Waals surface area (Å²) in [6.45, 7) is 11.7. The first-order chi connectivity index (χ1) is 9.96. The minimum atomic E-state index is -0.0448. The average Bonchev–Trinajstić information content (AvgIpc) is 2.47. The molecule has 1 fully saturated rings. The highest BCUT2D eigenvalue weighted by molar-refractivity contribution is 5.26. The van der Waals surface area contributed by atoms with Gasteiger partial charge in [0.1, 0.15) is 0 Å². The van der Waals surface area contributed by atoms with E-state index in [2.05, 4.69) is 69.2 Å². The van der Waals surface area contributed by atoms with Crippen LogP contribution in [-0.4, -0.2) is 43.3 Å². The summed E-state index contributed by atoms with van der Waals surface area (Å²) in [7, 11) is 2.06. The Kier molecular flexibility index (Phi) is 5.42. The molecule has 0 aliphatic carbocycles. The molecule has 3 heteroatoms. The van der Waals surface area contributed by atoms with Gasteiger partial charge in [-0.15, -0.1) is 0 Å². The fourth-order valence-electron chi connectivity index (χ4n) is 3.26. The van der Waals surface area contributed by atoms with E-state index >= 15 is 0 Å². The summed E-state index contributed by atoms with van der Waals surface area (Å²) >= 11 is 0. The summed E-state index contributed by atoms with van der Waals surface area (Å²) < 4.78 is 5.83. The number of aryl methyl sites for hydroxylation is 1. The van der Waals surface area contributed by atoms with Crippen LogP contribution in [0, 0.1) is 0 Å². The van der Waals surface area contributed by atoms with Crippen LogP contribution in [0.5, 0.6) is 0 Å². The Morgan fingerprint density at radius 2 is 1.95 bits per heavy atom. The molecular weight excluding hydrogens is 260 g/mol. The van der Waals surface area contributed by atoms with E-state index < -0.39 is 0 Å². The Morgan fingerprint density at radius 1 is 1.29 bits per heavy atom. The highest BCUT2D eigenvalue weighted by Gasteiger charge is 2.32. The van der Waals surface area contributed by atoms with Crippen LogP contribution in [0.25, 0.3) is 0 Å². The molecule has 1 aromatic rings. The number of nitrogens with one attached hydrogen (secondary N) is 1. The number of hydrogen-bond donors (Lipinski definition) is 1. The lowest BCUT2D eigenvalue weighted by molar-refractivity contribution is -0.0985. The van der Waals surface area contributed by atoms with Crippen molar-refractivity contribution in [2.75, 3.05) is 26.7 Å². The minimum absolute atomic E-state index is 0.0448. The molecule has 0 aromatic heterocycles. The third kappa shape index (κ3) is 4.06. The first-order valence-electron chi connectivity index (χ1n) is 8.11. The Labute approximate surface area is 129 Å². The molecule has 1 saturated heterocycles. The monoisotopic (exact) mass is 290 g/mol. The van der Waals surface area contributed by atoms with E-state index in [4.69, 9.17) is 4.74 Å². The number of benzene rings is 1. The molecule has 1 N–H and O–H groups in total. The van der Waals surface area contributed by atoms with Gasteiger partial charge in [-0.2, -0.15) is 0 Å². The van der Waals surface area contributed by atoms with Gasteiger partial charge in [-0.05, 0) is 45.4 Å². The van der Waals surface area contributed by atoms with Crippen molar-refractivity contribution in [3.63, 3.8) is 0 Å². The molecule has 21 heavy (non-hydrogen) atoms. The number of hydrogen-bond acceptors (Lipinski definition) is 3. The molecule has 2 rings (SSSR count). The largest absolute Gasteiger partial charge is 0.373 e. The van der Waals surface area contributed by atoms with E-state index in [0.717, 1.165) is 26.1 Å². The molecule has 0 bridgehead atoms. The second-order valence-corrected chi connectivity index (χ2v) is 6.68. The lowest BCUT2D eigenvalue weighted by Crippen LogP contribution is -2.54. The van der Waals surface area contributed by atoms with Gasteiger partial charge in [-0.25, -0.2) is 0 Å². The van der Waals surface area contributed by atoms with Crippen LogP contribution in [-0.2, 0) is 11.2 Å². The van der Waals surface area contributed by atoms with Gasteiger partial charge in [0.25, 0.3) is 0 Å². The fraction of sp³-hybridized carbons (Fsp3) is 0.667. The van der Waals surface area contributed by atoms with Crippen LogP contribution >= 0.6 is 0 Å². The number of likely N-dealkylation sites (N-methyl/N-ethyl adjacent to an activating group) is 1. The predicted octanol–water partition coefficient (Wildman–Crippen LogP) is 3.01. The zero-order valence-electron chi connectivity index (χ0n) is 14.1. The van der Waals surface area contributed by atoms with Gasteiger partial charge in [0.05, 0.1) is 12.2 Å². The number of ether oxygens (including phenoxy) is 1. The van der Waals surface area contributed by atoms with Crippen molar-refractivity contribution in [1.29, 1.82) is 0 Å². The molecule has 2 unspecified atom stereocenters. The van der Waals surface area contributed by atoms with Crippen LogP contribution in [0.1, 0.15) is 44.9 Å². The van der Waals surface area contributed by atoms with Crippen molar-refractivity contribution in [3.05, 3.63) is 35.4 Å². The lowest BCUT2D eigenvalue weighted by atomic mass is 9.96. The normalized spacial score (nSPS) is 22.0. The summed E-state index contributed by atoms with van der Waals surface area (Å²) in [5.74, 6) is 0. The van der Waals surface area contributed by atoms with E-state index in [1.165, 1.54) is 11.1 Å². The summed E-state index contributed by atoms with van der Waals surface area (Å²) in [5.41, 5.74) is 2.72. The highest BCUT2D eigenvalue weighted by atomic mass is 16.5. The van der Waals surface area contributed by atoms with E-state index in [-0.39, 0.29) is 5.60 Å². The maximum Gasteiger partial charge on any atom is 0.0753 e. The number of rotatable bonds is 5. The molecule has 1 heterocycles. The van der Waals surface area contributed by atoms with Crippen LogP contribution in [0.2, 0.25) is 0 Å². The highest BCUT2D eigenvalue weighted by Crippen LogP contribution is 2.25. The van der Waals surface area contributed by atoms with E-state index in [9.17, 15) is 0 Å². The Balaban J connectivity index is 2.11. The van der Waals surface area contributed by atoms with Crippen molar-refractivity contribution < 1.29 is 4.74 Å². The van der Waals surface area contributed by atoms with Gasteiger partial charge in [-0.3, -0.25) is 4.90 Å². The zero-order chi connectivity index (χ0) is 15.5. The second kappa shape index (κ2) is 6.91. The van der Waals surface area contributed by atoms with Gasteiger partial charge >= 0.3 is 0 Å².